The molecule has 1 unspecified atom stereocenters. The van der Waals surface area contributed by atoms with Crippen LogP contribution in [0.25, 0.3) is 0 Å². The van der Waals surface area contributed by atoms with Crippen LogP contribution in [0, 0.1) is 0 Å². The maximum absolute atomic E-state index is 12.3. The highest BCUT2D eigenvalue weighted by Gasteiger charge is 2.22. The van der Waals surface area contributed by atoms with Gasteiger partial charge in [0.05, 0.1) is 4.90 Å². The topological polar surface area (TPSA) is 67.4 Å². The van der Waals surface area contributed by atoms with Crippen LogP contribution in [0.3, 0.4) is 0 Å². The summed E-state index contributed by atoms with van der Waals surface area (Å²) < 4.78 is 32.7. The first-order valence-electron chi connectivity index (χ1n) is 7.46. The van der Waals surface area contributed by atoms with E-state index in [0.717, 1.165) is 24.9 Å². The molecule has 1 fully saturated rings. The molecule has 0 spiro atoms. The molecule has 21 heavy (non-hydrogen) atoms. The van der Waals surface area contributed by atoms with Crippen LogP contribution in [-0.2, 0) is 14.8 Å². The summed E-state index contributed by atoms with van der Waals surface area (Å²) >= 11 is 0. The van der Waals surface area contributed by atoms with Crippen LogP contribution >= 0.6 is 0 Å². The molecule has 1 saturated heterocycles. The number of ether oxygens (including phenoxy) is 1. The fraction of sp³-hybridized carbons (Fsp3) is 0.600. The average molecular weight is 312 g/mol. The lowest BCUT2D eigenvalue weighted by atomic mass is 10.1. The van der Waals surface area contributed by atoms with Crippen molar-refractivity contribution in [3.8, 4) is 0 Å². The second kappa shape index (κ2) is 7.35. The van der Waals surface area contributed by atoms with Crippen molar-refractivity contribution in [1.29, 1.82) is 0 Å². The first-order chi connectivity index (χ1) is 10.0. The van der Waals surface area contributed by atoms with Gasteiger partial charge in [-0.3, -0.25) is 0 Å². The zero-order valence-corrected chi connectivity index (χ0v) is 13.4. The van der Waals surface area contributed by atoms with Gasteiger partial charge in [0.1, 0.15) is 0 Å². The van der Waals surface area contributed by atoms with Gasteiger partial charge in [0.25, 0.3) is 0 Å². The van der Waals surface area contributed by atoms with Crippen molar-refractivity contribution in [3.63, 3.8) is 0 Å². The number of sulfonamides is 1. The van der Waals surface area contributed by atoms with Crippen molar-refractivity contribution in [3.05, 3.63) is 29.8 Å². The molecule has 0 bridgehead atoms. The average Bonchev–Trinajstić information content (AvgIpc) is 2.48. The van der Waals surface area contributed by atoms with Gasteiger partial charge in [-0.2, -0.15) is 0 Å². The Bertz CT molecular complexity index is 537. The molecule has 0 saturated carbocycles. The molecule has 6 heteroatoms. The molecule has 0 aliphatic carbocycles. The van der Waals surface area contributed by atoms with Crippen molar-refractivity contribution in [2.24, 2.45) is 0 Å². The molecule has 118 valence electrons. The van der Waals surface area contributed by atoms with Gasteiger partial charge in [-0.25, -0.2) is 13.1 Å². The van der Waals surface area contributed by atoms with Crippen molar-refractivity contribution in [2.75, 3.05) is 19.8 Å². The van der Waals surface area contributed by atoms with Crippen molar-refractivity contribution < 1.29 is 13.2 Å². The largest absolute Gasteiger partial charge is 0.381 e. The summed E-state index contributed by atoms with van der Waals surface area (Å²) in [5, 5.41) is 3.31. The maximum Gasteiger partial charge on any atom is 0.240 e. The van der Waals surface area contributed by atoms with E-state index >= 15 is 0 Å². The Morgan fingerprint density at radius 3 is 2.43 bits per heavy atom. The van der Waals surface area contributed by atoms with E-state index in [2.05, 4.69) is 17.0 Å². The third-order valence-electron chi connectivity index (χ3n) is 3.74. The SMILES string of the molecule is CCNC(C)c1ccc(S(=O)(=O)NC2CCOCC2)cc1. The zero-order valence-electron chi connectivity index (χ0n) is 12.6. The lowest BCUT2D eigenvalue weighted by molar-refractivity contribution is 0.0832. The van der Waals surface area contributed by atoms with Gasteiger partial charge in [-0.05, 0) is 44.0 Å². The quantitative estimate of drug-likeness (QED) is 0.841. The number of nitrogens with one attached hydrogen (secondary N) is 2. The van der Waals surface area contributed by atoms with Crippen molar-refractivity contribution >= 4 is 10.0 Å². The predicted octanol–water partition coefficient (Wildman–Crippen LogP) is 1.81. The molecule has 1 aliphatic heterocycles. The van der Waals surface area contributed by atoms with E-state index in [9.17, 15) is 8.42 Å². The monoisotopic (exact) mass is 312 g/mol. The minimum absolute atomic E-state index is 0.0240. The Kier molecular flexibility index (Phi) is 5.75. The molecule has 2 rings (SSSR count). The molecule has 0 amide bonds. The number of benzene rings is 1. The molecular formula is C15H24N2O3S. The van der Waals surface area contributed by atoms with Crippen LogP contribution in [0.1, 0.15) is 38.3 Å². The van der Waals surface area contributed by atoms with E-state index in [1.807, 2.05) is 19.1 Å². The normalized spacial score (nSPS) is 18.6. The first-order valence-corrected chi connectivity index (χ1v) is 8.94. The third-order valence-corrected chi connectivity index (χ3v) is 5.28. The second-order valence-electron chi connectivity index (χ2n) is 5.36. The van der Waals surface area contributed by atoms with E-state index in [-0.39, 0.29) is 12.1 Å². The lowest BCUT2D eigenvalue weighted by Gasteiger charge is -2.23. The van der Waals surface area contributed by atoms with Gasteiger partial charge < -0.3 is 10.1 Å². The van der Waals surface area contributed by atoms with Gasteiger partial charge in [-0.15, -0.1) is 0 Å². The molecule has 1 atom stereocenters. The van der Waals surface area contributed by atoms with Crippen LogP contribution in [-0.4, -0.2) is 34.2 Å². The highest BCUT2D eigenvalue weighted by molar-refractivity contribution is 7.89. The highest BCUT2D eigenvalue weighted by atomic mass is 32.2. The molecule has 5 nitrogen and oxygen atoms in total. The molecule has 2 N–H and O–H groups in total. The summed E-state index contributed by atoms with van der Waals surface area (Å²) in [6.07, 6.45) is 1.46. The van der Waals surface area contributed by atoms with Crippen LogP contribution in [0.4, 0.5) is 0 Å². The first kappa shape index (κ1) is 16.4. The van der Waals surface area contributed by atoms with Crippen molar-refractivity contribution in [1.82, 2.24) is 10.0 Å². The Balaban J connectivity index is 2.05. The molecule has 0 radical (unpaired) electrons. The van der Waals surface area contributed by atoms with E-state index in [1.165, 1.54) is 0 Å². The maximum atomic E-state index is 12.3. The summed E-state index contributed by atoms with van der Waals surface area (Å²) in [6, 6.07) is 7.27. The van der Waals surface area contributed by atoms with E-state index < -0.39 is 10.0 Å². The second-order valence-corrected chi connectivity index (χ2v) is 7.07. The van der Waals surface area contributed by atoms with Gasteiger partial charge >= 0.3 is 0 Å². The molecule has 1 heterocycles. The van der Waals surface area contributed by atoms with Crippen LogP contribution in [0.15, 0.2) is 29.2 Å². The minimum atomic E-state index is -3.44. The van der Waals surface area contributed by atoms with Crippen LogP contribution < -0.4 is 10.0 Å². The standard InChI is InChI=1S/C15H24N2O3S/c1-3-16-12(2)13-4-6-15(7-5-13)21(18,19)17-14-8-10-20-11-9-14/h4-7,12,14,16-17H,3,8-11H2,1-2H3. The van der Waals surface area contributed by atoms with Crippen LogP contribution in [0.2, 0.25) is 0 Å². The summed E-state index contributed by atoms with van der Waals surface area (Å²) in [5.74, 6) is 0. The zero-order chi connectivity index (χ0) is 15.3. The lowest BCUT2D eigenvalue weighted by Crippen LogP contribution is -2.38. The van der Waals surface area contributed by atoms with Crippen molar-refractivity contribution in [2.45, 2.75) is 43.7 Å². The predicted molar refractivity (Wildman–Crippen MR) is 82.7 cm³/mol. The highest BCUT2D eigenvalue weighted by Crippen LogP contribution is 2.17. The van der Waals surface area contributed by atoms with Gasteiger partial charge in [0.15, 0.2) is 0 Å². The molecule has 1 aromatic rings. The Morgan fingerprint density at radius 2 is 1.86 bits per heavy atom. The fourth-order valence-corrected chi connectivity index (χ4v) is 3.77. The molecule has 1 aliphatic rings. The molecule has 1 aromatic carbocycles. The number of rotatable bonds is 6. The number of hydrogen-bond acceptors (Lipinski definition) is 4. The van der Waals surface area contributed by atoms with E-state index in [0.29, 0.717) is 18.1 Å². The molecular weight excluding hydrogens is 288 g/mol. The van der Waals surface area contributed by atoms with E-state index in [1.54, 1.807) is 12.1 Å². The Hall–Kier alpha value is -0.950. The Morgan fingerprint density at radius 1 is 1.24 bits per heavy atom. The fourth-order valence-electron chi connectivity index (χ4n) is 2.46. The molecule has 0 aromatic heterocycles. The van der Waals surface area contributed by atoms with Gasteiger partial charge in [-0.1, -0.05) is 19.1 Å². The van der Waals surface area contributed by atoms with Crippen LogP contribution in [0.5, 0.6) is 0 Å². The summed E-state index contributed by atoms with van der Waals surface area (Å²) in [6.45, 7) is 6.23. The minimum Gasteiger partial charge on any atom is -0.381 e. The van der Waals surface area contributed by atoms with Gasteiger partial charge in [0, 0.05) is 25.3 Å². The number of hydrogen-bond donors (Lipinski definition) is 2. The Labute approximate surface area is 127 Å². The summed E-state index contributed by atoms with van der Waals surface area (Å²) in [7, 11) is -3.44. The van der Waals surface area contributed by atoms with Gasteiger partial charge in [0.2, 0.25) is 10.0 Å². The summed E-state index contributed by atoms with van der Waals surface area (Å²) in [4.78, 5) is 0.321. The van der Waals surface area contributed by atoms with E-state index in [4.69, 9.17) is 4.74 Å². The smallest absolute Gasteiger partial charge is 0.240 e. The third kappa shape index (κ3) is 4.51. The summed E-state index contributed by atoms with van der Waals surface area (Å²) in [5.41, 5.74) is 1.09.